The van der Waals surface area contributed by atoms with Crippen LogP contribution < -0.4 is 0 Å². The third kappa shape index (κ3) is 2.96. The average Bonchev–Trinajstić information content (AvgIpc) is 3.19. The van der Waals surface area contributed by atoms with E-state index in [-0.39, 0.29) is 5.41 Å². The van der Waals surface area contributed by atoms with Crippen LogP contribution in [0.15, 0.2) is 21.6 Å². The lowest BCUT2D eigenvalue weighted by Crippen LogP contribution is -2.23. The van der Waals surface area contributed by atoms with Crippen molar-refractivity contribution in [3.8, 4) is 11.3 Å². The van der Waals surface area contributed by atoms with Gasteiger partial charge in [-0.3, -0.25) is 10.1 Å². The molecular formula is C19H23ClN6. The monoisotopic (exact) mass is 370 g/mol. The lowest BCUT2D eigenvalue weighted by molar-refractivity contribution is 0.563. The van der Waals surface area contributed by atoms with Gasteiger partial charge in [0.25, 0.3) is 0 Å². The Kier molecular flexibility index (Phi) is 4.39. The second-order valence-electron chi connectivity index (χ2n) is 7.97. The molecule has 6 nitrogen and oxygen atoms in total. The normalized spacial score (nSPS) is 17.2. The van der Waals surface area contributed by atoms with Gasteiger partial charge in [0.15, 0.2) is 0 Å². The molecule has 2 aromatic rings. The maximum absolute atomic E-state index is 6.50. The molecule has 0 amide bonds. The topological polar surface area (TPSA) is 78.6 Å². The van der Waals surface area contributed by atoms with E-state index < -0.39 is 0 Å². The molecule has 2 aromatic heterocycles. The third-order valence-electron chi connectivity index (χ3n) is 5.02. The summed E-state index contributed by atoms with van der Waals surface area (Å²) in [6, 6.07) is 0. The molecule has 26 heavy (non-hydrogen) atoms. The maximum Gasteiger partial charge on any atom is 0.107 e. The predicted molar refractivity (Wildman–Crippen MR) is 103 cm³/mol. The fraction of sp³-hybridized carbons (Fsp3) is 0.526. The molecule has 1 aliphatic carbocycles. The lowest BCUT2D eigenvalue weighted by Gasteiger charge is -2.27. The maximum atomic E-state index is 6.50. The van der Waals surface area contributed by atoms with Gasteiger partial charge in [-0.25, -0.2) is 0 Å². The summed E-state index contributed by atoms with van der Waals surface area (Å²) in [6.07, 6.45) is 7.20. The molecule has 0 radical (unpaired) electrons. The smallest absolute Gasteiger partial charge is 0.107 e. The molecule has 1 N–H and O–H groups in total. The summed E-state index contributed by atoms with van der Waals surface area (Å²) in [4.78, 5) is 5.15. The van der Waals surface area contributed by atoms with Crippen molar-refractivity contribution in [1.29, 1.82) is 0 Å². The zero-order valence-corrected chi connectivity index (χ0v) is 16.2. The highest BCUT2D eigenvalue weighted by atomic mass is 35.5. The zero-order chi connectivity index (χ0) is 18.3. The molecule has 136 valence electrons. The molecule has 7 heteroatoms. The second-order valence-corrected chi connectivity index (χ2v) is 8.38. The van der Waals surface area contributed by atoms with Gasteiger partial charge in [-0.15, -0.1) is 5.10 Å². The van der Waals surface area contributed by atoms with Crippen molar-refractivity contribution in [1.82, 2.24) is 15.2 Å². The Morgan fingerprint density at radius 2 is 1.88 bits per heavy atom. The number of nitrogens with one attached hydrogen (secondary N) is 1. The number of halogens is 1. The quantitative estimate of drug-likeness (QED) is 0.766. The lowest BCUT2D eigenvalue weighted by atomic mass is 9.81. The largest absolute Gasteiger partial charge is 0.276 e. The molecular weight excluding hydrogens is 348 g/mol. The minimum absolute atomic E-state index is 0.136. The van der Waals surface area contributed by atoms with Gasteiger partial charge >= 0.3 is 0 Å². The fourth-order valence-electron chi connectivity index (χ4n) is 3.81. The highest BCUT2D eigenvalue weighted by Crippen LogP contribution is 2.40. The van der Waals surface area contributed by atoms with Crippen LogP contribution in [0.3, 0.4) is 0 Å². The van der Waals surface area contributed by atoms with E-state index in [1.54, 1.807) is 6.20 Å². The number of aromatic amines is 1. The van der Waals surface area contributed by atoms with Crippen LogP contribution in [0.4, 0.5) is 0 Å². The molecule has 1 aliphatic heterocycles. The molecule has 3 heterocycles. The average molecular weight is 371 g/mol. The third-order valence-corrected chi connectivity index (χ3v) is 5.30. The number of H-pyrrole nitrogens is 1. The highest BCUT2D eigenvalue weighted by Gasteiger charge is 2.32. The van der Waals surface area contributed by atoms with E-state index in [0.717, 1.165) is 47.5 Å². The number of aryl methyl sites for hydroxylation is 1. The van der Waals surface area contributed by atoms with E-state index in [4.69, 9.17) is 16.6 Å². The summed E-state index contributed by atoms with van der Waals surface area (Å²) in [5.74, 6) is 0. The summed E-state index contributed by atoms with van der Waals surface area (Å²) in [7, 11) is 0. The Bertz CT molecular complexity index is 903. The Morgan fingerprint density at radius 3 is 2.54 bits per heavy atom. The Balaban J connectivity index is 2.09. The van der Waals surface area contributed by atoms with Crippen LogP contribution in [-0.4, -0.2) is 27.4 Å². The number of pyridine rings is 1. The van der Waals surface area contributed by atoms with Gasteiger partial charge in [0.1, 0.15) is 6.54 Å². The summed E-state index contributed by atoms with van der Waals surface area (Å²) in [5.41, 5.74) is 7.17. The van der Waals surface area contributed by atoms with Crippen LogP contribution >= 0.6 is 11.6 Å². The van der Waals surface area contributed by atoms with Crippen LogP contribution in [0.2, 0.25) is 5.02 Å². The second kappa shape index (κ2) is 6.58. The van der Waals surface area contributed by atoms with Crippen molar-refractivity contribution < 1.29 is 0 Å². The van der Waals surface area contributed by atoms with Crippen LogP contribution in [0.25, 0.3) is 11.3 Å². The minimum Gasteiger partial charge on any atom is -0.276 e. The number of hydrogen-bond donors (Lipinski definition) is 1. The van der Waals surface area contributed by atoms with Crippen molar-refractivity contribution in [3.63, 3.8) is 0 Å². The fourth-order valence-corrected chi connectivity index (χ4v) is 4.00. The SMILES string of the molecule is CC(C)(C)c1nc2c(c(-c3[nH]ncc3Cl)c1C1=NN=NC1)CCCCC2. The van der Waals surface area contributed by atoms with Crippen LogP contribution in [0.1, 0.15) is 62.5 Å². The van der Waals surface area contributed by atoms with Gasteiger partial charge in [-0.1, -0.05) is 38.8 Å². The summed E-state index contributed by atoms with van der Waals surface area (Å²) in [6.45, 7) is 7.03. The molecule has 4 rings (SSSR count). The number of rotatable bonds is 2. The van der Waals surface area contributed by atoms with Crippen molar-refractivity contribution in [2.45, 2.75) is 58.3 Å². The van der Waals surface area contributed by atoms with Crippen molar-refractivity contribution >= 4 is 17.3 Å². The van der Waals surface area contributed by atoms with Gasteiger partial charge in [0, 0.05) is 22.2 Å². The summed E-state index contributed by atoms with van der Waals surface area (Å²) in [5, 5.41) is 20.1. The van der Waals surface area contributed by atoms with E-state index in [2.05, 4.69) is 46.4 Å². The van der Waals surface area contributed by atoms with Crippen molar-refractivity contribution in [2.75, 3.05) is 6.54 Å². The highest BCUT2D eigenvalue weighted by molar-refractivity contribution is 6.33. The molecule has 0 bridgehead atoms. The first-order valence-electron chi connectivity index (χ1n) is 9.16. The Labute approximate surface area is 158 Å². The van der Waals surface area contributed by atoms with E-state index in [1.807, 2.05) is 0 Å². The first kappa shape index (κ1) is 17.3. The zero-order valence-electron chi connectivity index (χ0n) is 15.4. The van der Waals surface area contributed by atoms with Crippen LogP contribution in [-0.2, 0) is 18.3 Å². The molecule has 0 saturated heterocycles. The van der Waals surface area contributed by atoms with Crippen LogP contribution in [0.5, 0.6) is 0 Å². The van der Waals surface area contributed by atoms with E-state index in [1.165, 1.54) is 24.1 Å². The number of fused-ring (bicyclic) bond motifs is 1. The molecule has 0 unspecified atom stereocenters. The number of hydrogen-bond acceptors (Lipinski definition) is 5. The van der Waals surface area contributed by atoms with Gasteiger partial charge in [0.05, 0.1) is 28.3 Å². The summed E-state index contributed by atoms with van der Waals surface area (Å²) < 4.78 is 0. The van der Waals surface area contributed by atoms with E-state index >= 15 is 0 Å². The molecule has 0 atom stereocenters. The van der Waals surface area contributed by atoms with Crippen LogP contribution in [0, 0.1) is 0 Å². The molecule has 0 spiro atoms. The Hall–Kier alpha value is -2.08. The molecule has 0 fully saturated rings. The number of nitrogens with zero attached hydrogens (tertiary/aromatic N) is 5. The first-order chi connectivity index (χ1) is 12.5. The minimum atomic E-state index is -0.136. The molecule has 0 aromatic carbocycles. The molecule has 0 saturated carbocycles. The van der Waals surface area contributed by atoms with Gasteiger partial charge < -0.3 is 0 Å². The van der Waals surface area contributed by atoms with Gasteiger partial charge in [0.2, 0.25) is 0 Å². The van der Waals surface area contributed by atoms with Gasteiger partial charge in [-0.2, -0.15) is 10.2 Å². The van der Waals surface area contributed by atoms with E-state index in [0.29, 0.717) is 11.6 Å². The number of aromatic nitrogens is 3. The Morgan fingerprint density at radius 1 is 1.08 bits per heavy atom. The standard InChI is InChI=1S/C19H23ClN6/c1-19(2,3)18-16(14-10-22-26-24-14)15(17-12(20)9-21-25-17)11-7-5-4-6-8-13(11)23-18/h9H,4-8,10H2,1-3H3,(H,21,25). The molecule has 2 aliphatic rings. The first-order valence-corrected chi connectivity index (χ1v) is 9.54. The van der Waals surface area contributed by atoms with Crippen molar-refractivity contribution in [2.24, 2.45) is 15.4 Å². The van der Waals surface area contributed by atoms with Gasteiger partial charge in [-0.05, 0) is 36.5 Å². The van der Waals surface area contributed by atoms with E-state index in [9.17, 15) is 0 Å². The summed E-state index contributed by atoms with van der Waals surface area (Å²) >= 11 is 6.50. The van der Waals surface area contributed by atoms with Crippen molar-refractivity contribution in [3.05, 3.63) is 33.7 Å². The predicted octanol–water partition coefficient (Wildman–Crippen LogP) is 4.86.